The molecule has 0 spiro atoms. The number of nitrogens with zero attached hydrogens (tertiary/aromatic N) is 3. The lowest BCUT2D eigenvalue weighted by Gasteiger charge is -2.16. The molecular formula is C12H11N3O5. The topological polar surface area (TPSA) is 101 Å². The number of carbonyl (C=O) groups excluding carboxylic acids is 3. The van der Waals surface area contributed by atoms with Crippen LogP contribution in [0, 0.1) is 10.1 Å². The number of imide groups is 1. The maximum absolute atomic E-state index is 12.1. The van der Waals surface area contributed by atoms with Gasteiger partial charge >= 0.3 is 0 Å². The summed E-state index contributed by atoms with van der Waals surface area (Å²) in [5.74, 6) is -1.95. The Morgan fingerprint density at radius 2 is 1.95 bits per heavy atom. The Morgan fingerprint density at radius 1 is 1.30 bits per heavy atom. The first kappa shape index (κ1) is 13.7. The molecule has 0 saturated carbocycles. The molecule has 0 fully saturated rings. The Morgan fingerprint density at radius 3 is 2.50 bits per heavy atom. The van der Waals surface area contributed by atoms with Crippen LogP contribution in [0.2, 0.25) is 0 Å². The number of hydrogen-bond donors (Lipinski definition) is 0. The van der Waals surface area contributed by atoms with Crippen molar-refractivity contribution in [1.82, 2.24) is 9.80 Å². The van der Waals surface area contributed by atoms with Gasteiger partial charge in [-0.05, 0) is 6.07 Å². The predicted octanol–water partition coefficient (Wildman–Crippen LogP) is 0.279. The number of benzene rings is 1. The van der Waals surface area contributed by atoms with Crippen LogP contribution in [0.5, 0.6) is 0 Å². The van der Waals surface area contributed by atoms with Gasteiger partial charge in [0.1, 0.15) is 12.1 Å². The van der Waals surface area contributed by atoms with Gasteiger partial charge in [-0.2, -0.15) is 0 Å². The molecule has 0 bridgehead atoms. The van der Waals surface area contributed by atoms with Crippen molar-refractivity contribution in [3.63, 3.8) is 0 Å². The molecule has 1 heterocycles. The first-order valence-corrected chi connectivity index (χ1v) is 5.68. The zero-order chi connectivity index (χ0) is 15.0. The lowest BCUT2D eigenvalue weighted by molar-refractivity contribution is -0.385. The maximum atomic E-state index is 12.1. The molecule has 1 aromatic carbocycles. The van der Waals surface area contributed by atoms with Crippen LogP contribution >= 0.6 is 0 Å². The number of fused-ring (bicyclic) bond motifs is 1. The smallest absolute Gasteiger partial charge is 0.282 e. The molecule has 0 unspecified atom stereocenters. The molecular weight excluding hydrogens is 266 g/mol. The van der Waals surface area contributed by atoms with Gasteiger partial charge in [-0.1, -0.05) is 6.07 Å². The number of likely N-dealkylation sites (N-methyl/N-ethyl adjacent to an activating group) is 1. The number of nitro groups is 1. The number of rotatable bonds is 3. The zero-order valence-corrected chi connectivity index (χ0v) is 10.8. The first-order chi connectivity index (χ1) is 9.34. The van der Waals surface area contributed by atoms with Gasteiger partial charge in [0.2, 0.25) is 5.91 Å². The molecule has 0 aliphatic carbocycles. The van der Waals surface area contributed by atoms with E-state index in [2.05, 4.69) is 0 Å². The molecule has 0 saturated heterocycles. The standard InChI is InChI=1S/C12H11N3O5/c1-13(2)9(16)6-14-11(17)7-4-3-5-8(15(19)20)10(7)12(14)18/h3-5H,6H2,1-2H3. The summed E-state index contributed by atoms with van der Waals surface area (Å²) in [6.07, 6.45) is 0. The van der Waals surface area contributed by atoms with E-state index in [-0.39, 0.29) is 11.1 Å². The van der Waals surface area contributed by atoms with Crippen molar-refractivity contribution in [3.05, 3.63) is 39.4 Å². The number of nitro benzene ring substituents is 1. The van der Waals surface area contributed by atoms with Crippen LogP contribution in [0.15, 0.2) is 18.2 Å². The van der Waals surface area contributed by atoms with Crippen molar-refractivity contribution in [3.8, 4) is 0 Å². The summed E-state index contributed by atoms with van der Waals surface area (Å²) in [5, 5.41) is 10.9. The molecule has 20 heavy (non-hydrogen) atoms. The minimum Gasteiger partial charge on any atom is -0.347 e. The van der Waals surface area contributed by atoms with Crippen LogP contribution in [0.3, 0.4) is 0 Å². The molecule has 1 aliphatic rings. The Kier molecular flexibility index (Phi) is 3.23. The van der Waals surface area contributed by atoms with E-state index in [1.54, 1.807) is 0 Å². The molecule has 2 rings (SSSR count). The third-order valence-electron chi connectivity index (χ3n) is 2.97. The number of hydrogen-bond acceptors (Lipinski definition) is 5. The summed E-state index contributed by atoms with van der Waals surface area (Å²) < 4.78 is 0. The molecule has 0 radical (unpaired) electrons. The number of carbonyl (C=O) groups is 3. The molecule has 3 amide bonds. The van der Waals surface area contributed by atoms with Gasteiger partial charge in [0.25, 0.3) is 17.5 Å². The minimum absolute atomic E-state index is 0.0456. The summed E-state index contributed by atoms with van der Waals surface area (Å²) in [6.45, 7) is -0.434. The largest absolute Gasteiger partial charge is 0.347 e. The number of amides is 3. The summed E-state index contributed by atoms with van der Waals surface area (Å²) in [6, 6.07) is 3.82. The van der Waals surface area contributed by atoms with E-state index in [0.717, 1.165) is 11.0 Å². The normalized spacial score (nSPS) is 13.4. The average molecular weight is 277 g/mol. The average Bonchev–Trinajstić information content (AvgIpc) is 2.63. The van der Waals surface area contributed by atoms with Crippen molar-refractivity contribution in [1.29, 1.82) is 0 Å². The predicted molar refractivity (Wildman–Crippen MR) is 67.2 cm³/mol. The van der Waals surface area contributed by atoms with E-state index >= 15 is 0 Å². The van der Waals surface area contributed by atoms with Crippen LogP contribution in [-0.2, 0) is 4.79 Å². The van der Waals surface area contributed by atoms with Crippen LogP contribution in [0.1, 0.15) is 20.7 Å². The molecule has 8 heteroatoms. The highest BCUT2D eigenvalue weighted by molar-refractivity contribution is 6.24. The van der Waals surface area contributed by atoms with Crippen LogP contribution < -0.4 is 0 Å². The first-order valence-electron chi connectivity index (χ1n) is 5.68. The monoisotopic (exact) mass is 277 g/mol. The van der Waals surface area contributed by atoms with Gasteiger partial charge in [0, 0.05) is 20.2 Å². The maximum Gasteiger partial charge on any atom is 0.282 e. The summed E-state index contributed by atoms with van der Waals surface area (Å²) >= 11 is 0. The van der Waals surface area contributed by atoms with Crippen LogP contribution in [0.25, 0.3) is 0 Å². The van der Waals surface area contributed by atoms with E-state index < -0.39 is 34.9 Å². The Balaban J connectivity index is 2.43. The van der Waals surface area contributed by atoms with E-state index in [1.807, 2.05) is 0 Å². The zero-order valence-electron chi connectivity index (χ0n) is 10.8. The van der Waals surface area contributed by atoms with E-state index in [0.29, 0.717) is 0 Å². The molecule has 1 aromatic rings. The fourth-order valence-corrected chi connectivity index (χ4v) is 1.89. The lowest BCUT2D eigenvalue weighted by Crippen LogP contribution is -2.39. The highest BCUT2D eigenvalue weighted by Gasteiger charge is 2.41. The second-order valence-corrected chi connectivity index (χ2v) is 4.44. The Hall–Kier alpha value is -2.77. The van der Waals surface area contributed by atoms with Gasteiger partial charge in [-0.3, -0.25) is 29.4 Å². The highest BCUT2D eigenvalue weighted by Crippen LogP contribution is 2.30. The SMILES string of the molecule is CN(C)C(=O)CN1C(=O)c2cccc([N+](=O)[O-])c2C1=O. The molecule has 0 N–H and O–H groups in total. The fraction of sp³-hybridized carbons (Fsp3) is 0.250. The van der Waals surface area contributed by atoms with Crippen LogP contribution in [0.4, 0.5) is 5.69 Å². The second kappa shape index (κ2) is 4.72. The Labute approximate surface area is 113 Å². The van der Waals surface area contributed by atoms with Crippen molar-refractivity contribution < 1.29 is 19.3 Å². The van der Waals surface area contributed by atoms with Crippen molar-refractivity contribution in [2.45, 2.75) is 0 Å². The summed E-state index contributed by atoms with van der Waals surface area (Å²) in [4.78, 5) is 47.9. The highest BCUT2D eigenvalue weighted by atomic mass is 16.6. The van der Waals surface area contributed by atoms with Gasteiger partial charge < -0.3 is 4.90 Å². The van der Waals surface area contributed by atoms with Gasteiger partial charge in [0.15, 0.2) is 0 Å². The molecule has 104 valence electrons. The van der Waals surface area contributed by atoms with E-state index in [4.69, 9.17) is 0 Å². The van der Waals surface area contributed by atoms with Crippen molar-refractivity contribution in [2.75, 3.05) is 20.6 Å². The Bertz CT molecular complexity index is 638. The quantitative estimate of drug-likeness (QED) is 0.448. The van der Waals surface area contributed by atoms with Gasteiger partial charge in [-0.15, -0.1) is 0 Å². The van der Waals surface area contributed by atoms with Crippen molar-refractivity contribution in [2.24, 2.45) is 0 Å². The second-order valence-electron chi connectivity index (χ2n) is 4.44. The van der Waals surface area contributed by atoms with Gasteiger partial charge in [-0.25, -0.2) is 0 Å². The van der Waals surface area contributed by atoms with Crippen molar-refractivity contribution >= 4 is 23.4 Å². The summed E-state index contributed by atoms with van der Waals surface area (Å²) in [5.41, 5.74) is -0.731. The molecule has 0 atom stereocenters. The van der Waals surface area contributed by atoms with Crippen LogP contribution in [-0.4, -0.2) is 53.1 Å². The van der Waals surface area contributed by atoms with Gasteiger partial charge in [0.05, 0.1) is 10.5 Å². The minimum atomic E-state index is -0.813. The lowest BCUT2D eigenvalue weighted by atomic mass is 10.1. The fourth-order valence-electron chi connectivity index (χ4n) is 1.89. The molecule has 0 aromatic heterocycles. The summed E-state index contributed by atoms with van der Waals surface area (Å²) in [7, 11) is 2.98. The third-order valence-corrected chi connectivity index (χ3v) is 2.97. The van der Waals surface area contributed by atoms with E-state index in [9.17, 15) is 24.5 Å². The molecule has 1 aliphatic heterocycles. The molecule has 8 nitrogen and oxygen atoms in total. The third kappa shape index (κ3) is 2.00. The van der Waals surface area contributed by atoms with E-state index in [1.165, 1.54) is 31.1 Å².